The molecule has 1 aromatic rings. The number of hydrogen-bond donors (Lipinski definition) is 4. The number of aliphatic hydroxyl groups excluding tert-OH is 2. The summed E-state index contributed by atoms with van der Waals surface area (Å²) in [5, 5.41) is 19.3. The van der Waals surface area contributed by atoms with Gasteiger partial charge < -0.3 is 21.7 Å². The van der Waals surface area contributed by atoms with E-state index >= 15 is 0 Å². The van der Waals surface area contributed by atoms with E-state index in [-0.39, 0.29) is 24.2 Å². The highest BCUT2D eigenvalue weighted by atomic mass is 19.4. The van der Waals surface area contributed by atoms with Crippen LogP contribution in [0.3, 0.4) is 0 Å². The average molecular weight is 264 g/mol. The molecule has 0 amide bonds. The molecule has 0 radical (unpaired) electrons. The quantitative estimate of drug-likeness (QED) is 0.611. The predicted octanol–water partition coefficient (Wildman–Crippen LogP) is 1.03. The number of benzene rings is 1. The first kappa shape index (κ1) is 14.7. The van der Waals surface area contributed by atoms with Gasteiger partial charge in [0, 0.05) is 11.3 Å². The SMILES string of the molecule is NCCC(O)C(O)c1cc(C(F)(F)F)ccc1N. The van der Waals surface area contributed by atoms with Gasteiger partial charge in [0.15, 0.2) is 0 Å². The fourth-order valence-corrected chi connectivity index (χ4v) is 1.54. The smallest absolute Gasteiger partial charge is 0.398 e. The molecule has 4 nitrogen and oxygen atoms in total. The van der Waals surface area contributed by atoms with Gasteiger partial charge in [-0.1, -0.05) is 0 Å². The van der Waals surface area contributed by atoms with Crippen molar-refractivity contribution < 1.29 is 23.4 Å². The number of rotatable bonds is 4. The summed E-state index contributed by atoms with van der Waals surface area (Å²) in [6.45, 7) is 0.108. The lowest BCUT2D eigenvalue weighted by molar-refractivity contribution is -0.137. The summed E-state index contributed by atoms with van der Waals surface area (Å²) in [7, 11) is 0. The Bertz CT molecular complexity index is 410. The van der Waals surface area contributed by atoms with Gasteiger partial charge >= 0.3 is 6.18 Å². The Labute approximate surface area is 102 Å². The lowest BCUT2D eigenvalue weighted by Crippen LogP contribution is -2.23. The zero-order valence-corrected chi connectivity index (χ0v) is 9.48. The van der Waals surface area contributed by atoms with Crippen LogP contribution in [0.4, 0.5) is 18.9 Å². The van der Waals surface area contributed by atoms with Gasteiger partial charge in [-0.15, -0.1) is 0 Å². The maximum atomic E-state index is 12.5. The van der Waals surface area contributed by atoms with Gasteiger partial charge in [-0.05, 0) is 31.2 Å². The molecule has 0 bridgehead atoms. The van der Waals surface area contributed by atoms with E-state index in [4.69, 9.17) is 11.5 Å². The van der Waals surface area contributed by atoms with Crippen molar-refractivity contribution in [1.82, 2.24) is 0 Å². The lowest BCUT2D eigenvalue weighted by atomic mass is 9.98. The van der Waals surface area contributed by atoms with Crippen LogP contribution in [0.1, 0.15) is 23.7 Å². The van der Waals surface area contributed by atoms with E-state index in [1.807, 2.05) is 0 Å². The van der Waals surface area contributed by atoms with E-state index in [1.165, 1.54) is 0 Å². The molecule has 0 saturated heterocycles. The van der Waals surface area contributed by atoms with E-state index in [9.17, 15) is 23.4 Å². The van der Waals surface area contributed by atoms with Gasteiger partial charge in [0.05, 0.1) is 11.7 Å². The topological polar surface area (TPSA) is 92.5 Å². The maximum Gasteiger partial charge on any atom is 0.416 e. The molecule has 2 unspecified atom stereocenters. The van der Waals surface area contributed by atoms with Gasteiger partial charge in [0.25, 0.3) is 0 Å². The van der Waals surface area contributed by atoms with E-state index in [2.05, 4.69) is 0 Å². The van der Waals surface area contributed by atoms with Gasteiger partial charge in [-0.2, -0.15) is 13.2 Å². The zero-order valence-electron chi connectivity index (χ0n) is 9.48. The minimum Gasteiger partial charge on any atom is -0.398 e. The Balaban J connectivity index is 3.08. The molecule has 0 aliphatic rings. The van der Waals surface area contributed by atoms with Crippen molar-refractivity contribution in [2.45, 2.75) is 24.8 Å². The first-order chi connectivity index (χ1) is 8.27. The normalized spacial score (nSPS) is 15.4. The van der Waals surface area contributed by atoms with Gasteiger partial charge in [0.2, 0.25) is 0 Å². The molecule has 6 N–H and O–H groups in total. The second-order valence-electron chi connectivity index (χ2n) is 3.93. The Hall–Kier alpha value is -1.31. The highest BCUT2D eigenvalue weighted by molar-refractivity contribution is 5.50. The van der Waals surface area contributed by atoms with Crippen molar-refractivity contribution in [3.8, 4) is 0 Å². The van der Waals surface area contributed by atoms with Crippen LogP contribution in [0.5, 0.6) is 0 Å². The number of hydrogen-bond acceptors (Lipinski definition) is 4. The molecule has 0 aromatic heterocycles. The Morgan fingerprint density at radius 1 is 1.22 bits per heavy atom. The van der Waals surface area contributed by atoms with Crippen molar-refractivity contribution >= 4 is 5.69 Å². The van der Waals surface area contributed by atoms with E-state index in [1.54, 1.807) is 0 Å². The molecule has 18 heavy (non-hydrogen) atoms. The monoisotopic (exact) mass is 264 g/mol. The Morgan fingerprint density at radius 3 is 2.33 bits per heavy atom. The van der Waals surface area contributed by atoms with Crippen molar-refractivity contribution in [2.24, 2.45) is 5.73 Å². The summed E-state index contributed by atoms with van der Waals surface area (Å²) in [4.78, 5) is 0. The van der Waals surface area contributed by atoms with Gasteiger partial charge in [0.1, 0.15) is 6.10 Å². The number of aliphatic hydroxyl groups is 2. The average Bonchev–Trinajstić information content (AvgIpc) is 2.27. The van der Waals surface area contributed by atoms with Crippen molar-refractivity contribution in [3.63, 3.8) is 0 Å². The number of anilines is 1. The summed E-state index contributed by atoms with van der Waals surface area (Å²) in [6, 6.07) is 2.61. The minimum absolute atomic E-state index is 0.00780. The number of nitrogen functional groups attached to an aromatic ring is 1. The molecule has 1 rings (SSSR count). The molecule has 2 atom stereocenters. The van der Waals surface area contributed by atoms with Crippen molar-refractivity contribution in [3.05, 3.63) is 29.3 Å². The molecule has 0 saturated carbocycles. The summed E-state index contributed by atoms with van der Waals surface area (Å²) >= 11 is 0. The second kappa shape index (κ2) is 5.55. The zero-order chi connectivity index (χ0) is 13.9. The fraction of sp³-hybridized carbons (Fsp3) is 0.455. The van der Waals surface area contributed by atoms with Crippen LogP contribution in [0, 0.1) is 0 Å². The molecule has 0 heterocycles. The van der Waals surface area contributed by atoms with Crippen LogP contribution >= 0.6 is 0 Å². The van der Waals surface area contributed by atoms with Crippen molar-refractivity contribution in [1.29, 1.82) is 0 Å². The third kappa shape index (κ3) is 3.34. The van der Waals surface area contributed by atoms with Gasteiger partial charge in [-0.25, -0.2) is 0 Å². The van der Waals surface area contributed by atoms with E-state index in [0.717, 1.165) is 18.2 Å². The molecule has 0 aliphatic carbocycles. The first-order valence-electron chi connectivity index (χ1n) is 5.30. The van der Waals surface area contributed by atoms with Crippen LogP contribution in [0.15, 0.2) is 18.2 Å². The lowest BCUT2D eigenvalue weighted by Gasteiger charge is -2.20. The van der Waals surface area contributed by atoms with Crippen LogP contribution in [-0.4, -0.2) is 22.9 Å². The summed E-state index contributed by atoms with van der Waals surface area (Å²) < 4.78 is 37.5. The summed E-state index contributed by atoms with van der Waals surface area (Å²) in [6.07, 6.45) is -7.20. The largest absolute Gasteiger partial charge is 0.416 e. The third-order valence-electron chi connectivity index (χ3n) is 2.56. The number of halogens is 3. The minimum atomic E-state index is -4.53. The van der Waals surface area contributed by atoms with Crippen LogP contribution in [0.2, 0.25) is 0 Å². The molecular weight excluding hydrogens is 249 g/mol. The van der Waals surface area contributed by atoms with Crippen molar-refractivity contribution in [2.75, 3.05) is 12.3 Å². The molecule has 7 heteroatoms. The predicted molar refractivity (Wildman–Crippen MR) is 60.5 cm³/mol. The molecule has 0 spiro atoms. The molecule has 0 fully saturated rings. The van der Waals surface area contributed by atoms with Crippen LogP contribution < -0.4 is 11.5 Å². The molecular formula is C11H15F3N2O2. The molecule has 102 valence electrons. The summed E-state index contributed by atoms with van der Waals surface area (Å²) in [5.74, 6) is 0. The van der Waals surface area contributed by atoms with E-state index < -0.39 is 23.9 Å². The number of alkyl halides is 3. The highest BCUT2D eigenvalue weighted by Crippen LogP contribution is 2.34. The molecule has 1 aromatic carbocycles. The van der Waals surface area contributed by atoms with E-state index in [0.29, 0.717) is 0 Å². The first-order valence-corrected chi connectivity index (χ1v) is 5.30. The highest BCUT2D eigenvalue weighted by Gasteiger charge is 2.32. The summed E-state index contributed by atoms with van der Waals surface area (Å²) in [5.41, 5.74) is 9.62. The fourth-order valence-electron chi connectivity index (χ4n) is 1.54. The third-order valence-corrected chi connectivity index (χ3v) is 2.56. The Morgan fingerprint density at radius 2 is 1.83 bits per heavy atom. The van der Waals surface area contributed by atoms with Crippen LogP contribution in [0.25, 0.3) is 0 Å². The standard InChI is InChI=1S/C11H15F3N2O2/c12-11(13,14)6-1-2-8(16)7(5-6)10(18)9(17)3-4-15/h1-2,5,9-10,17-18H,3-4,15-16H2. The Kier molecular flexibility index (Phi) is 4.55. The molecule has 0 aliphatic heterocycles. The number of nitrogens with two attached hydrogens (primary N) is 2. The second-order valence-corrected chi connectivity index (χ2v) is 3.93. The van der Waals surface area contributed by atoms with Crippen LogP contribution in [-0.2, 0) is 6.18 Å². The maximum absolute atomic E-state index is 12.5. The van der Waals surface area contributed by atoms with Gasteiger partial charge in [-0.3, -0.25) is 0 Å².